The predicted octanol–water partition coefficient (Wildman–Crippen LogP) is 3.11. The summed E-state index contributed by atoms with van der Waals surface area (Å²) in [6.07, 6.45) is 1.48. The Morgan fingerprint density at radius 1 is 1.35 bits per heavy atom. The molecule has 1 aliphatic carbocycles. The first kappa shape index (κ1) is 24.4. The minimum Gasteiger partial charge on any atom is -0.449 e. The van der Waals surface area contributed by atoms with Crippen LogP contribution in [0, 0.1) is 11.7 Å². The Hall–Kier alpha value is -2.70. The van der Waals surface area contributed by atoms with Crippen LogP contribution >= 0.6 is 12.4 Å². The van der Waals surface area contributed by atoms with Crippen LogP contribution in [0.15, 0.2) is 17.1 Å². The lowest BCUT2D eigenvalue weighted by molar-refractivity contribution is -0.0488. The van der Waals surface area contributed by atoms with Crippen molar-refractivity contribution >= 4 is 35.2 Å². The molecule has 3 aliphatic rings. The van der Waals surface area contributed by atoms with Crippen LogP contribution in [-0.4, -0.2) is 54.3 Å². The van der Waals surface area contributed by atoms with E-state index in [1.54, 1.807) is 4.90 Å². The van der Waals surface area contributed by atoms with Gasteiger partial charge in [0.2, 0.25) is 5.43 Å². The number of anilines is 1. The lowest BCUT2D eigenvalue weighted by atomic mass is 9.91. The molecule has 3 N–H and O–H groups in total. The average molecular weight is 506 g/mol. The van der Waals surface area contributed by atoms with Crippen LogP contribution in [0.3, 0.4) is 0 Å². The number of rotatable bonds is 6. The van der Waals surface area contributed by atoms with Crippen molar-refractivity contribution < 1.29 is 37.3 Å². The third kappa shape index (κ3) is 3.93. The van der Waals surface area contributed by atoms with E-state index < -0.39 is 41.1 Å². The number of carboxylic acid groups (broad SMARTS) is 1. The molecule has 5 rings (SSSR count). The number of hydrogen-bond acceptors (Lipinski definition) is 7. The van der Waals surface area contributed by atoms with Gasteiger partial charge in [0.1, 0.15) is 11.3 Å². The largest absolute Gasteiger partial charge is 0.511 e. The van der Waals surface area contributed by atoms with E-state index >= 15 is 4.39 Å². The smallest absolute Gasteiger partial charge is 0.449 e. The van der Waals surface area contributed by atoms with Crippen molar-refractivity contribution in [2.24, 2.45) is 11.7 Å². The van der Waals surface area contributed by atoms with Gasteiger partial charge >= 0.3 is 12.8 Å². The fourth-order valence-corrected chi connectivity index (χ4v) is 5.05. The summed E-state index contributed by atoms with van der Waals surface area (Å²) in [7, 11) is 0. The molecular formula is C21H23ClF3N3O6. The number of halogens is 4. The highest BCUT2D eigenvalue weighted by atomic mass is 35.5. The highest BCUT2D eigenvalue weighted by Gasteiger charge is 2.51. The number of carbonyl (C=O) groups is 1. The molecule has 13 heteroatoms. The fraction of sp³-hybridized carbons (Fsp3) is 0.524. The van der Waals surface area contributed by atoms with E-state index in [0.717, 1.165) is 12.3 Å². The summed E-state index contributed by atoms with van der Waals surface area (Å²) in [6, 6.07) is 0.725. The van der Waals surface area contributed by atoms with Gasteiger partial charge in [0, 0.05) is 38.2 Å². The minimum absolute atomic E-state index is 0. The summed E-state index contributed by atoms with van der Waals surface area (Å²) in [4.78, 5) is 25.5. The van der Waals surface area contributed by atoms with Crippen LogP contribution in [0.4, 0.5) is 23.7 Å². The molecule has 1 unspecified atom stereocenters. The SMILES string of the molecule is Cl.NCC12CN(c3c(F)cc4c(=O)c(OC(=O)O)cn(C5CC5)c4c3OC(F)F)C[C@H]1CCO2. The van der Waals surface area contributed by atoms with Crippen molar-refractivity contribution in [1.82, 2.24) is 4.57 Å². The summed E-state index contributed by atoms with van der Waals surface area (Å²) >= 11 is 0. The molecule has 0 radical (unpaired) electrons. The number of ether oxygens (including phenoxy) is 3. The van der Waals surface area contributed by atoms with Crippen molar-refractivity contribution in [1.29, 1.82) is 0 Å². The van der Waals surface area contributed by atoms with Gasteiger partial charge < -0.3 is 34.5 Å². The van der Waals surface area contributed by atoms with Crippen LogP contribution in [0.1, 0.15) is 25.3 Å². The van der Waals surface area contributed by atoms with E-state index in [9.17, 15) is 18.4 Å². The molecule has 2 aliphatic heterocycles. The molecule has 1 aromatic heterocycles. The number of pyridine rings is 1. The standard InChI is InChI=1S/C21H22F3N3O6.ClH/c22-13-5-12-15(27(11-1-2-11)7-14(17(12)28)32-20(29)30)18(33-19(23)24)16(13)26-6-10-3-4-31-21(10,8-25)9-26;/h5,7,10-11,19H,1-4,6,8-9,25H2,(H,29,30);1H/t10-,21?;/m1./s1. The lowest BCUT2D eigenvalue weighted by Crippen LogP contribution is -2.44. The molecule has 1 saturated carbocycles. The molecule has 2 atom stereocenters. The second-order valence-corrected chi connectivity index (χ2v) is 8.62. The number of fused-ring (bicyclic) bond motifs is 2. The van der Waals surface area contributed by atoms with Crippen LogP contribution < -0.4 is 25.5 Å². The zero-order chi connectivity index (χ0) is 23.5. The maximum Gasteiger partial charge on any atom is 0.511 e. The Kier molecular flexibility index (Phi) is 6.34. The normalized spacial score (nSPS) is 23.8. The topological polar surface area (TPSA) is 116 Å². The molecule has 3 fully saturated rings. The van der Waals surface area contributed by atoms with Gasteiger partial charge in [0.05, 0.1) is 17.1 Å². The zero-order valence-electron chi connectivity index (χ0n) is 17.8. The molecule has 34 heavy (non-hydrogen) atoms. The van der Waals surface area contributed by atoms with E-state index in [4.69, 9.17) is 20.3 Å². The highest BCUT2D eigenvalue weighted by molar-refractivity contribution is 5.92. The zero-order valence-corrected chi connectivity index (χ0v) is 18.7. The Morgan fingerprint density at radius 2 is 2.09 bits per heavy atom. The van der Waals surface area contributed by atoms with Crippen molar-refractivity contribution in [2.75, 3.05) is 31.1 Å². The maximum absolute atomic E-state index is 15.5. The average Bonchev–Trinajstić information content (AvgIpc) is 3.41. The molecule has 1 aromatic carbocycles. The Balaban J connectivity index is 0.00000274. The number of benzene rings is 1. The van der Waals surface area contributed by atoms with Gasteiger partial charge in [-0.2, -0.15) is 8.78 Å². The molecule has 0 bridgehead atoms. The molecule has 0 spiro atoms. The third-order valence-electron chi connectivity index (χ3n) is 6.67. The van der Waals surface area contributed by atoms with Gasteiger partial charge in [-0.15, -0.1) is 12.4 Å². The minimum atomic E-state index is -3.28. The monoisotopic (exact) mass is 505 g/mol. The van der Waals surface area contributed by atoms with E-state index in [0.29, 0.717) is 32.4 Å². The Morgan fingerprint density at radius 3 is 2.68 bits per heavy atom. The molecule has 2 aromatic rings. The lowest BCUT2D eigenvalue weighted by Gasteiger charge is -2.28. The summed E-state index contributed by atoms with van der Waals surface area (Å²) in [5.41, 5.74) is 4.07. The molecular weight excluding hydrogens is 483 g/mol. The molecule has 0 amide bonds. The van der Waals surface area contributed by atoms with Gasteiger partial charge in [-0.25, -0.2) is 9.18 Å². The first-order valence-electron chi connectivity index (χ1n) is 10.6. The predicted molar refractivity (Wildman–Crippen MR) is 117 cm³/mol. The van der Waals surface area contributed by atoms with Crippen molar-refractivity contribution in [2.45, 2.75) is 37.5 Å². The number of aromatic nitrogens is 1. The van der Waals surface area contributed by atoms with Crippen molar-refractivity contribution in [3.8, 4) is 11.5 Å². The summed E-state index contributed by atoms with van der Waals surface area (Å²) in [6.45, 7) is -2.06. The quantitative estimate of drug-likeness (QED) is 0.575. The molecule has 2 saturated heterocycles. The van der Waals surface area contributed by atoms with Crippen LogP contribution in [0.25, 0.3) is 10.9 Å². The molecule has 3 heterocycles. The summed E-state index contributed by atoms with van der Waals surface area (Å²) < 4.78 is 59.2. The van der Waals surface area contributed by atoms with E-state index in [2.05, 4.69) is 4.74 Å². The maximum atomic E-state index is 15.5. The number of alkyl halides is 2. The summed E-state index contributed by atoms with van der Waals surface area (Å²) in [5.74, 6) is -1.97. The van der Waals surface area contributed by atoms with E-state index in [-0.39, 0.29) is 54.0 Å². The Labute approximate surface area is 197 Å². The highest BCUT2D eigenvalue weighted by Crippen LogP contribution is 2.48. The fourth-order valence-electron chi connectivity index (χ4n) is 5.05. The third-order valence-corrected chi connectivity index (χ3v) is 6.67. The van der Waals surface area contributed by atoms with Crippen LogP contribution in [0.2, 0.25) is 0 Å². The van der Waals surface area contributed by atoms with Gasteiger partial charge in [0.25, 0.3) is 0 Å². The summed E-state index contributed by atoms with van der Waals surface area (Å²) in [5, 5.41) is 8.65. The number of nitrogens with zero attached hydrogens (tertiary/aromatic N) is 2. The van der Waals surface area contributed by atoms with E-state index in [1.165, 1.54) is 4.57 Å². The van der Waals surface area contributed by atoms with Gasteiger partial charge in [0.15, 0.2) is 17.3 Å². The van der Waals surface area contributed by atoms with Crippen molar-refractivity contribution in [3.05, 3.63) is 28.3 Å². The van der Waals surface area contributed by atoms with Gasteiger partial charge in [-0.05, 0) is 25.3 Å². The van der Waals surface area contributed by atoms with Gasteiger partial charge in [-0.3, -0.25) is 4.79 Å². The number of nitrogens with two attached hydrogens (primary N) is 1. The number of hydrogen-bond donors (Lipinski definition) is 2. The van der Waals surface area contributed by atoms with Crippen molar-refractivity contribution in [3.63, 3.8) is 0 Å². The second-order valence-electron chi connectivity index (χ2n) is 8.62. The van der Waals surface area contributed by atoms with Crippen LogP contribution in [-0.2, 0) is 4.74 Å². The second kappa shape index (κ2) is 8.82. The molecule has 186 valence electrons. The first-order chi connectivity index (χ1) is 15.7. The van der Waals surface area contributed by atoms with E-state index in [1.807, 2.05) is 0 Å². The van der Waals surface area contributed by atoms with Crippen LogP contribution in [0.5, 0.6) is 11.5 Å². The van der Waals surface area contributed by atoms with Gasteiger partial charge in [-0.1, -0.05) is 0 Å². The Bertz CT molecular complexity index is 1190. The first-order valence-corrected chi connectivity index (χ1v) is 10.6. The molecule has 9 nitrogen and oxygen atoms in total.